The van der Waals surface area contributed by atoms with Gasteiger partial charge in [-0.25, -0.2) is 15.3 Å². The monoisotopic (exact) mass is 542 g/mol. The van der Waals surface area contributed by atoms with Gasteiger partial charge < -0.3 is 19.9 Å². The SMILES string of the molecule is CCc1ccc(-n2cc(C(=O)NOC)c(=O)c3cnc(Nc4ccc(C5CCN(C(=O)O)CC5)cc4)nc32)cc1. The van der Waals surface area contributed by atoms with Gasteiger partial charge in [0, 0.05) is 36.9 Å². The molecule has 1 saturated heterocycles. The summed E-state index contributed by atoms with van der Waals surface area (Å²) in [5.74, 6) is -0.0636. The number of benzene rings is 2. The first-order valence-electron chi connectivity index (χ1n) is 13.1. The van der Waals surface area contributed by atoms with Crippen LogP contribution in [0.15, 0.2) is 65.7 Å². The third-order valence-corrected chi connectivity index (χ3v) is 7.21. The van der Waals surface area contributed by atoms with Crippen molar-refractivity contribution in [3.63, 3.8) is 0 Å². The van der Waals surface area contributed by atoms with Gasteiger partial charge in [-0.15, -0.1) is 0 Å². The number of aryl methyl sites for hydroxylation is 1. The maximum absolute atomic E-state index is 13.2. The molecule has 0 spiro atoms. The molecule has 0 unspecified atom stereocenters. The highest BCUT2D eigenvalue weighted by molar-refractivity contribution is 5.96. The quantitative estimate of drug-likeness (QED) is 0.295. The lowest BCUT2D eigenvalue weighted by molar-refractivity contribution is 0.0536. The minimum Gasteiger partial charge on any atom is -0.465 e. The number of carbonyl (C=O) groups excluding carboxylic acids is 1. The zero-order chi connectivity index (χ0) is 28.2. The fourth-order valence-electron chi connectivity index (χ4n) is 4.94. The molecular weight excluding hydrogens is 512 g/mol. The van der Waals surface area contributed by atoms with Gasteiger partial charge >= 0.3 is 6.09 Å². The number of hydrogen-bond acceptors (Lipinski definition) is 7. The van der Waals surface area contributed by atoms with Crippen molar-refractivity contribution in [3.05, 3.63) is 87.8 Å². The van der Waals surface area contributed by atoms with Gasteiger partial charge in [0.1, 0.15) is 5.56 Å². The lowest BCUT2D eigenvalue weighted by atomic mass is 9.89. The molecule has 1 fully saturated rings. The summed E-state index contributed by atoms with van der Waals surface area (Å²) in [5.41, 5.74) is 5.77. The standard InChI is InChI=1S/C29H30N6O5/c1-3-18-4-10-22(11-5-18)35-17-24(27(37)33-40-2)25(36)23-16-30-28(32-26(23)35)31-21-8-6-19(7-9-21)20-12-14-34(15-13-20)29(38)39/h4-11,16-17,20H,3,12-15H2,1-2H3,(H,33,37)(H,38,39)(H,30,31,32). The smallest absolute Gasteiger partial charge is 0.407 e. The maximum Gasteiger partial charge on any atom is 0.407 e. The second-order valence-electron chi connectivity index (χ2n) is 9.62. The van der Waals surface area contributed by atoms with E-state index in [1.54, 1.807) is 4.57 Å². The van der Waals surface area contributed by atoms with Crippen LogP contribution in [-0.4, -0.2) is 56.7 Å². The average molecular weight is 543 g/mol. The van der Waals surface area contributed by atoms with Crippen LogP contribution in [0, 0.1) is 0 Å². The number of pyridine rings is 1. The van der Waals surface area contributed by atoms with E-state index in [1.807, 2.05) is 48.5 Å². The highest BCUT2D eigenvalue weighted by atomic mass is 16.6. The molecule has 2 amide bonds. The summed E-state index contributed by atoms with van der Waals surface area (Å²) >= 11 is 0. The Hall–Kier alpha value is -4.77. The number of fused-ring (bicyclic) bond motifs is 1. The second-order valence-corrected chi connectivity index (χ2v) is 9.62. The highest BCUT2D eigenvalue weighted by Gasteiger charge is 2.23. The van der Waals surface area contributed by atoms with E-state index in [0.717, 1.165) is 41.8 Å². The number of anilines is 2. The number of hydrogen-bond donors (Lipinski definition) is 3. The van der Waals surface area contributed by atoms with Crippen molar-refractivity contribution in [1.29, 1.82) is 0 Å². The van der Waals surface area contributed by atoms with Crippen molar-refractivity contribution in [2.75, 3.05) is 25.5 Å². The van der Waals surface area contributed by atoms with E-state index >= 15 is 0 Å². The van der Waals surface area contributed by atoms with E-state index in [9.17, 15) is 19.5 Å². The molecule has 0 bridgehead atoms. The van der Waals surface area contributed by atoms with Gasteiger partial charge in [-0.05, 0) is 60.6 Å². The predicted molar refractivity (Wildman–Crippen MR) is 150 cm³/mol. The second kappa shape index (κ2) is 11.5. The van der Waals surface area contributed by atoms with Crippen molar-refractivity contribution in [2.45, 2.75) is 32.1 Å². The minimum atomic E-state index is -0.869. The van der Waals surface area contributed by atoms with Crippen molar-refractivity contribution >= 4 is 34.7 Å². The van der Waals surface area contributed by atoms with E-state index in [1.165, 1.54) is 24.4 Å². The first-order valence-corrected chi connectivity index (χ1v) is 13.1. The maximum atomic E-state index is 13.2. The van der Waals surface area contributed by atoms with Crippen LogP contribution >= 0.6 is 0 Å². The molecule has 2 aromatic carbocycles. The van der Waals surface area contributed by atoms with E-state index in [4.69, 9.17) is 4.84 Å². The molecule has 0 atom stereocenters. The molecule has 3 heterocycles. The Kier molecular flexibility index (Phi) is 7.74. The molecular formula is C29H30N6O5. The first-order chi connectivity index (χ1) is 19.4. The molecule has 206 valence electrons. The first kappa shape index (κ1) is 26.8. The molecule has 1 aliphatic heterocycles. The van der Waals surface area contributed by atoms with E-state index in [2.05, 4.69) is 27.7 Å². The van der Waals surface area contributed by atoms with Gasteiger partial charge in [-0.1, -0.05) is 31.2 Å². The number of rotatable bonds is 7. The number of hydroxylamine groups is 1. The summed E-state index contributed by atoms with van der Waals surface area (Å²) in [6.45, 7) is 3.13. The van der Waals surface area contributed by atoms with Gasteiger partial charge in [-0.3, -0.25) is 14.4 Å². The Bertz CT molecular complexity index is 1590. The van der Waals surface area contributed by atoms with Crippen LogP contribution in [0.25, 0.3) is 16.7 Å². The largest absolute Gasteiger partial charge is 0.465 e. The molecule has 3 N–H and O–H groups in total. The van der Waals surface area contributed by atoms with Crippen LogP contribution in [0.1, 0.15) is 47.2 Å². The lowest BCUT2D eigenvalue weighted by Gasteiger charge is -2.30. The molecule has 1 aliphatic rings. The van der Waals surface area contributed by atoms with Crippen LogP contribution in [0.2, 0.25) is 0 Å². The molecule has 40 heavy (non-hydrogen) atoms. The number of piperidine rings is 1. The third-order valence-electron chi connectivity index (χ3n) is 7.21. The van der Waals surface area contributed by atoms with Crippen LogP contribution in [0.4, 0.5) is 16.4 Å². The lowest BCUT2D eigenvalue weighted by Crippen LogP contribution is -2.36. The molecule has 2 aromatic heterocycles. The number of carbonyl (C=O) groups is 2. The topological polar surface area (TPSA) is 139 Å². The molecule has 11 nitrogen and oxygen atoms in total. The van der Waals surface area contributed by atoms with Crippen molar-refractivity contribution in [2.24, 2.45) is 0 Å². The number of aromatic nitrogens is 3. The number of nitrogens with zero attached hydrogens (tertiary/aromatic N) is 4. The summed E-state index contributed by atoms with van der Waals surface area (Å²) in [6, 6.07) is 15.7. The van der Waals surface area contributed by atoms with Crippen molar-refractivity contribution in [1.82, 2.24) is 24.9 Å². The van der Waals surface area contributed by atoms with Crippen molar-refractivity contribution < 1.29 is 19.5 Å². The Morgan fingerprint density at radius 3 is 2.40 bits per heavy atom. The van der Waals surface area contributed by atoms with Gasteiger partial charge in [0.05, 0.1) is 12.5 Å². The Morgan fingerprint density at radius 1 is 1.07 bits per heavy atom. The van der Waals surface area contributed by atoms with E-state index in [-0.39, 0.29) is 10.9 Å². The van der Waals surface area contributed by atoms with Gasteiger partial charge in [0.15, 0.2) is 5.65 Å². The molecule has 0 aliphatic carbocycles. The molecule has 11 heteroatoms. The number of amides is 2. The van der Waals surface area contributed by atoms with Crippen LogP contribution in [0.3, 0.4) is 0 Å². The highest BCUT2D eigenvalue weighted by Crippen LogP contribution is 2.29. The normalized spacial score (nSPS) is 13.8. The fraction of sp³-hybridized carbons (Fsp3) is 0.276. The van der Waals surface area contributed by atoms with Gasteiger partial charge in [-0.2, -0.15) is 4.98 Å². The molecule has 0 saturated carbocycles. The van der Waals surface area contributed by atoms with Crippen LogP contribution < -0.4 is 16.2 Å². The van der Waals surface area contributed by atoms with Crippen LogP contribution in [-0.2, 0) is 11.3 Å². The number of carboxylic acid groups (broad SMARTS) is 1. The van der Waals surface area contributed by atoms with E-state index in [0.29, 0.717) is 30.6 Å². The summed E-state index contributed by atoms with van der Waals surface area (Å²) < 4.78 is 1.69. The Balaban J connectivity index is 1.45. The zero-order valence-electron chi connectivity index (χ0n) is 22.3. The molecule has 0 radical (unpaired) electrons. The summed E-state index contributed by atoms with van der Waals surface area (Å²) in [5, 5.41) is 12.6. The zero-order valence-corrected chi connectivity index (χ0v) is 22.3. The number of likely N-dealkylation sites (tertiary alicyclic amines) is 1. The Morgan fingerprint density at radius 2 is 1.77 bits per heavy atom. The molecule has 5 rings (SSSR count). The summed E-state index contributed by atoms with van der Waals surface area (Å²) in [7, 11) is 1.30. The average Bonchev–Trinajstić information content (AvgIpc) is 2.98. The van der Waals surface area contributed by atoms with E-state index < -0.39 is 17.4 Å². The Labute approximate surface area is 230 Å². The predicted octanol–water partition coefficient (Wildman–Crippen LogP) is 4.24. The van der Waals surface area contributed by atoms with Gasteiger partial charge in [0.25, 0.3) is 5.91 Å². The third kappa shape index (κ3) is 5.50. The van der Waals surface area contributed by atoms with Crippen LogP contribution in [0.5, 0.6) is 0 Å². The van der Waals surface area contributed by atoms with Gasteiger partial charge in [0.2, 0.25) is 11.4 Å². The fourth-order valence-corrected chi connectivity index (χ4v) is 4.94. The number of nitrogens with one attached hydrogen (secondary N) is 2. The summed E-state index contributed by atoms with van der Waals surface area (Å²) in [6.07, 6.45) is 4.45. The van der Waals surface area contributed by atoms with Crippen molar-refractivity contribution in [3.8, 4) is 5.69 Å². The summed E-state index contributed by atoms with van der Waals surface area (Å²) in [4.78, 5) is 52.1. The molecule has 4 aromatic rings. The minimum absolute atomic E-state index is 0.0944.